The van der Waals surface area contributed by atoms with Gasteiger partial charge in [0.05, 0.1) is 31.9 Å². The number of carbonyl (C=O) groups excluding carboxylic acids is 1. The van der Waals surface area contributed by atoms with Crippen molar-refractivity contribution in [3.05, 3.63) is 89.0 Å². The van der Waals surface area contributed by atoms with Crippen LogP contribution < -0.4 is 47.0 Å². The number of anilines is 1. The maximum absolute atomic E-state index is 11.6. The third-order valence-electron chi connectivity index (χ3n) is 5.88. The van der Waals surface area contributed by atoms with Crippen LogP contribution in [0.3, 0.4) is 0 Å². The van der Waals surface area contributed by atoms with Gasteiger partial charge in [-0.25, -0.2) is 4.42 Å². The molecule has 11 nitrogen and oxygen atoms in total. The standard InChI is InChI=1S/C14H17NO4.C8H12NO.C8H10O4/c1-4-9(10-7-6-8(3)19-10)15-11-12(16)13(17)14(11)18-5-2;1-3-7(9)8-5-4-6(2)10-8;1-3-11-7-5(9)6(10)8(7)12-4-2/h6-7,9,15H,4-5H2,1-3H3;4-5,7H,2-3,9H2,1H3;3-4H2,1-2H3/q;+1;/t9-;7-;/m11./s1. The van der Waals surface area contributed by atoms with Crippen molar-refractivity contribution in [2.24, 2.45) is 5.73 Å². The number of allylic oxidation sites excluding steroid dienone is 1. The van der Waals surface area contributed by atoms with Crippen molar-refractivity contribution in [1.82, 2.24) is 0 Å². The second-order valence-corrected chi connectivity index (χ2v) is 8.85. The summed E-state index contributed by atoms with van der Waals surface area (Å²) in [5.74, 6) is 3.34. The first-order valence-electron chi connectivity index (χ1n) is 13.6. The highest BCUT2D eigenvalue weighted by Gasteiger charge is 2.26. The molecule has 0 saturated heterocycles. The van der Waals surface area contributed by atoms with E-state index in [4.69, 9.17) is 28.8 Å². The highest BCUT2D eigenvalue weighted by atomic mass is 16.5. The van der Waals surface area contributed by atoms with E-state index in [9.17, 15) is 19.2 Å². The van der Waals surface area contributed by atoms with Crippen LogP contribution >= 0.6 is 0 Å². The summed E-state index contributed by atoms with van der Waals surface area (Å²) >= 11 is 0. The first kappa shape index (κ1) is 33.0. The van der Waals surface area contributed by atoms with Gasteiger partial charge >= 0.3 is 11.5 Å². The van der Waals surface area contributed by atoms with Crippen LogP contribution in [0.1, 0.15) is 65.0 Å². The number of ether oxygens (including phenoxy) is 3. The van der Waals surface area contributed by atoms with Gasteiger partial charge in [0.25, 0.3) is 21.7 Å². The molecular formula is C30H39N2O9+. The molecule has 1 aliphatic heterocycles. The molecule has 2 aromatic carbocycles. The Morgan fingerprint density at radius 1 is 0.829 bits per heavy atom. The lowest BCUT2D eigenvalue weighted by molar-refractivity contribution is -0.387. The van der Waals surface area contributed by atoms with Gasteiger partial charge in [-0.3, -0.25) is 19.2 Å². The van der Waals surface area contributed by atoms with Gasteiger partial charge in [-0.2, -0.15) is 0 Å². The highest BCUT2D eigenvalue weighted by Crippen LogP contribution is 2.27. The second kappa shape index (κ2) is 15.5. The van der Waals surface area contributed by atoms with Crippen molar-refractivity contribution in [1.29, 1.82) is 0 Å². The molecule has 0 amide bonds. The van der Waals surface area contributed by atoms with Crippen LogP contribution in [0.4, 0.5) is 5.69 Å². The lowest BCUT2D eigenvalue weighted by atomic mass is 10.1. The molecule has 41 heavy (non-hydrogen) atoms. The van der Waals surface area contributed by atoms with E-state index in [1.54, 1.807) is 20.8 Å². The zero-order valence-electron chi connectivity index (χ0n) is 24.5. The molecule has 0 spiro atoms. The molecule has 1 aliphatic rings. The Morgan fingerprint density at radius 3 is 1.78 bits per heavy atom. The predicted octanol–water partition coefficient (Wildman–Crippen LogP) is 3.14. The van der Waals surface area contributed by atoms with E-state index < -0.39 is 21.7 Å². The molecule has 222 valence electrons. The molecule has 11 heteroatoms. The number of rotatable bonds is 12. The normalized spacial score (nSPS) is 13.5. The van der Waals surface area contributed by atoms with Crippen LogP contribution in [0.25, 0.3) is 0 Å². The van der Waals surface area contributed by atoms with Crippen LogP contribution in [-0.4, -0.2) is 31.6 Å². The molecule has 3 aromatic rings. The van der Waals surface area contributed by atoms with Gasteiger partial charge in [-0.1, -0.05) is 13.8 Å². The molecule has 2 heterocycles. The topological polar surface area (TPSA) is 158 Å². The number of ketones is 1. The van der Waals surface area contributed by atoms with Crippen LogP contribution in [0.5, 0.6) is 17.2 Å². The summed E-state index contributed by atoms with van der Waals surface area (Å²) in [6.07, 6.45) is 5.33. The van der Waals surface area contributed by atoms with Crippen molar-refractivity contribution in [3.8, 4) is 17.2 Å². The van der Waals surface area contributed by atoms with Crippen molar-refractivity contribution in [2.75, 3.05) is 25.1 Å². The van der Waals surface area contributed by atoms with Crippen LogP contribution in [0.15, 0.2) is 60.2 Å². The first-order valence-corrected chi connectivity index (χ1v) is 13.6. The Kier molecular flexibility index (Phi) is 12.5. The maximum Gasteiger partial charge on any atom is 0.346 e. The molecule has 0 saturated carbocycles. The summed E-state index contributed by atoms with van der Waals surface area (Å²) in [4.78, 5) is 44.6. The number of aryl methyl sites for hydroxylation is 1. The van der Waals surface area contributed by atoms with Gasteiger partial charge in [0.15, 0.2) is 5.75 Å². The highest BCUT2D eigenvalue weighted by molar-refractivity contribution is 5.96. The van der Waals surface area contributed by atoms with E-state index in [0.717, 1.165) is 30.1 Å². The Hall–Kier alpha value is -4.25. The minimum Gasteiger partial charge on any atom is -0.488 e. The third kappa shape index (κ3) is 8.14. The molecule has 0 fully saturated rings. The molecule has 1 aromatic heterocycles. The summed E-state index contributed by atoms with van der Waals surface area (Å²) in [6, 6.07) is 3.61. The summed E-state index contributed by atoms with van der Waals surface area (Å²) in [6.45, 7) is 15.8. The van der Waals surface area contributed by atoms with E-state index >= 15 is 0 Å². The molecule has 3 N–H and O–H groups in total. The minimum absolute atomic E-state index is 0.0236. The molecule has 0 aliphatic carbocycles. The van der Waals surface area contributed by atoms with Crippen LogP contribution in [-0.2, 0) is 4.42 Å². The fraction of sp³-hybridized carbons (Fsp3) is 0.433. The van der Waals surface area contributed by atoms with Crippen LogP contribution in [0, 0.1) is 6.92 Å². The maximum atomic E-state index is 11.6. The summed E-state index contributed by atoms with van der Waals surface area (Å²) in [7, 11) is 0. The Balaban J connectivity index is 0.000000230. The SMILES string of the molecule is C=C1C=CC([C@H](N)CC)=[O+]1.CCOc1c(N[C@H](CC)c2ccc(C)o2)c(=O)c1=O.CCOc1c(OCC)c(=O)c1=O. The fourth-order valence-electron chi connectivity index (χ4n) is 3.67. The van der Waals surface area contributed by atoms with E-state index in [0.29, 0.717) is 25.6 Å². The van der Waals surface area contributed by atoms with E-state index in [1.807, 2.05) is 45.1 Å². The lowest BCUT2D eigenvalue weighted by Gasteiger charge is -2.19. The number of hydrogen-bond acceptors (Lipinski definition) is 10. The van der Waals surface area contributed by atoms with Gasteiger partial charge in [-0.15, -0.1) is 0 Å². The molecule has 0 radical (unpaired) electrons. The quantitative estimate of drug-likeness (QED) is 0.244. The van der Waals surface area contributed by atoms with Crippen molar-refractivity contribution in [3.63, 3.8) is 0 Å². The van der Waals surface area contributed by atoms with Crippen molar-refractivity contribution < 1.29 is 23.1 Å². The number of nitrogens with one attached hydrogen (secondary N) is 1. The molecule has 4 rings (SSSR count). The Morgan fingerprint density at radius 2 is 1.37 bits per heavy atom. The van der Waals surface area contributed by atoms with E-state index in [-0.39, 0.29) is 35.0 Å². The zero-order valence-corrected chi connectivity index (χ0v) is 24.5. The van der Waals surface area contributed by atoms with Gasteiger partial charge < -0.3 is 29.7 Å². The Labute approximate surface area is 238 Å². The second-order valence-electron chi connectivity index (χ2n) is 8.85. The lowest BCUT2D eigenvalue weighted by Crippen LogP contribution is -2.36. The molecule has 0 bridgehead atoms. The smallest absolute Gasteiger partial charge is 0.346 e. The molecule has 0 unspecified atom stereocenters. The van der Waals surface area contributed by atoms with E-state index in [1.165, 1.54) is 0 Å². The number of nitrogens with two attached hydrogens (primary N) is 1. The summed E-state index contributed by atoms with van der Waals surface area (Å²) < 4.78 is 25.7. The monoisotopic (exact) mass is 571 g/mol. The van der Waals surface area contributed by atoms with Gasteiger partial charge in [-0.05, 0) is 52.7 Å². The van der Waals surface area contributed by atoms with E-state index in [2.05, 4.69) is 11.9 Å². The largest absolute Gasteiger partial charge is 0.488 e. The van der Waals surface area contributed by atoms with Crippen LogP contribution in [0.2, 0.25) is 0 Å². The Bertz CT molecular complexity index is 1480. The van der Waals surface area contributed by atoms with Gasteiger partial charge in [0, 0.05) is 12.7 Å². The first-order chi connectivity index (χ1) is 19.5. The minimum atomic E-state index is -0.583. The average molecular weight is 572 g/mol. The van der Waals surface area contributed by atoms with Gasteiger partial charge in [0.1, 0.15) is 23.2 Å². The average Bonchev–Trinajstić information content (AvgIpc) is 3.62. The summed E-state index contributed by atoms with van der Waals surface area (Å²) in [5, 5.41) is 3.04. The zero-order chi connectivity index (χ0) is 30.7. The number of hydrogen-bond donors (Lipinski definition) is 2. The summed E-state index contributed by atoms with van der Waals surface area (Å²) in [5.41, 5.74) is 3.69. The third-order valence-corrected chi connectivity index (χ3v) is 5.88. The molecular weight excluding hydrogens is 532 g/mol. The van der Waals surface area contributed by atoms with Crippen molar-refractivity contribution >= 4 is 11.5 Å². The van der Waals surface area contributed by atoms with Crippen molar-refractivity contribution in [2.45, 2.75) is 66.5 Å². The number of furan rings is 1. The molecule has 2 atom stereocenters. The van der Waals surface area contributed by atoms with Gasteiger partial charge in [0.2, 0.25) is 11.5 Å². The fourth-order valence-corrected chi connectivity index (χ4v) is 3.67. The predicted molar refractivity (Wildman–Crippen MR) is 158 cm³/mol.